The van der Waals surface area contributed by atoms with Crippen LogP contribution in [-0.4, -0.2) is 16.9 Å². The Morgan fingerprint density at radius 3 is 2.94 bits per heavy atom. The number of nitrogens with zero attached hydrogens (tertiary/aromatic N) is 1. The minimum Gasteiger partial charge on any atom is -0.397 e. The molecule has 3 unspecified atom stereocenters. The first kappa shape index (κ1) is 12.9. The summed E-state index contributed by atoms with van der Waals surface area (Å²) in [5.74, 6) is 1.10. The Morgan fingerprint density at radius 1 is 1.56 bits per heavy atom. The van der Waals surface area contributed by atoms with Crippen molar-refractivity contribution in [2.24, 2.45) is 11.8 Å². The molecule has 1 amide bonds. The van der Waals surface area contributed by atoms with Crippen molar-refractivity contribution in [3.05, 3.63) is 24.0 Å². The van der Waals surface area contributed by atoms with Crippen LogP contribution in [0.15, 0.2) is 18.3 Å². The van der Waals surface area contributed by atoms with E-state index in [0.29, 0.717) is 17.3 Å². The van der Waals surface area contributed by atoms with Gasteiger partial charge in [0.1, 0.15) is 0 Å². The molecule has 0 radical (unpaired) electrons. The molecule has 4 nitrogen and oxygen atoms in total. The zero-order chi connectivity index (χ0) is 13.1. The molecule has 1 fully saturated rings. The second kappa shape index (κ2) is 5.38. The van der Waals surface area contributed by atoms with Crippen LogP contribution in [0.5, 0.6) is 0 Å². The summed E-state index contributed by atoms with van der Waals surface area (Å²) in [5.41, 5.74) is 6.54. The second-order valence-corrected chi connectivity index (χ2v) is 5.13. The van der Waals surface area contributed by atoms with Gasteiger partial charge in [0.2, 0.25) is 0 Å². The molecule has 18 heavy (non-hydrogen) atoms. The molecule has 2 rings (SSSR count). The summed E-state index contributed by atoms with van der Waals surface area (Å²) in [6, 6.07) is 3.69. The molecule has 1 saturated carbocycles. The van der Waals surface area contributed by atoms with E-state index in [1.54, 1.807) is 18.3 Å². The Bertz CT molecular complexity index is 433. The average Bonchev–Trinajstić information content (AvgIpc) is 2.71. The van der Waals surface area contributed by atoms with Crippen LogP contribution in [0.4, 0.5) is 5.69 Å². The Labute approximate surface area is 108 Å². The molecule has 0 saturated heterocycles. The first-order chi connectivity index (χ1) is 8.63. The minimum absolute atomic E-state index is 0.151. The standard InChI is InChI=1S/C14H21N3O/c1-3-10-6-7-12(9(10)2)17-14(18)13-11(15)5-4-8-16-13/h4-5,8-10,12H,3,6-7,15H2,1-2H3,(H,17,18). The van der Waals surface area contributed by atoms with Crippen LogP contribution in [-0.2, 0) is 0 Å². The second-order valence-electron chi connectivity index (χ2n) is 5.13. The third-order valence-electron chi connectivity index (χ3n) is 4.12. The van der Waals surface area contributed by atoms with E-state index in [4.69, 9.17) is 5.73 Å². The highest BCUT2D eigenvalue weighted by atomic mass is 16.2. The van der Waals surface area contributed by atoms with Crippen LogP contribution in [0, 0.1) is 11.8 Å². The monoisotopic (exact) mass is 247 g/mol. The van der Waals surface area contributed by atoms with Crippen LogP contribution in [0.25, 0.3) is 0 Å². The predicted molar refractivity (Wildman–Crippen MR) is 72.1 cm³/mol. The van der Waals surface area contributed by atoms with E-state index in [2.05, 4.69) is 24.1 Å². The molecule has 1 aliphatic rings. The lowest BCUT2D eigenvalue weighted by Gasteiger charge is -2.21. The van der Waals surface area contributed by atoms with Crippen LogP contribution < -0.4 is 11.1 Å². The maximum absolute atomic E-state index is 12.1. The van der Waals surface area contributed by atoms with E-state index in [0.717, 1.165) is 12.3 Å². The predicted octanol–water partition coefficient (Wildman–Crippen LogP) is 2.22. The Morgan fingerprint density at radius 2 is 2.33 bits per heavy atom. The highest BCUT2D eigenvalue weighted by Crippen LogP contribution is 2.34. The summed E-state index contributed by atoms with van der Waals surface area (Å²) < 4.78 is 0. The SMILES string of the molecule is CCC1CCC(NC(=O)c2ncccc2N)C1C. The number of nitrogens with one attached hydrogen (secondary N) is 1. The highest BCUT2D eigenvalue weighted by Gasteiger charge is 2.32. The number of hydrogen-bond donors (Lipinski definition) is 2. The van der Waals surface area contributed by atoms with Gasteiger partial charge < -0.3 is 11.1 Å². The van der Waals surface area contributed by atoms with Crippen LogP contribution in [0.2, 0.25) is 0 Å². The summed E-state index contributed by atoms with van der Waals surface area (Å²) >= 11 is 0. The van der Waals surface area contributed by atoms with Gasteiger partial charge in [0, 0.05) is 12.2 Å². The van der Waals surface area contributed by atoms with Gasteiger partial charge in [0.05, 0.1) is 5.69 Å². The molecule has 3 atom stereocenters. The normalized spacial score (nSPS) is 27.1. The van der Waals surface area contributed by atoms with Crippen molar-refractivity contribution in [1.82, 2.24) is 10.3 Å². The Hall–Kier alpha value is -1.58. The van der Waals surface area contributed by atoms with E-state index < -0.39 is 0 Å². The number of hydrogen-bond acceptors (Lipinski definition) is 3. The van der Waals surface area contributed by atoms with Gasteiger partial charge in [0.15, 0.2) is 5.69 Å². The quantitative estimate of drug-likeness (QED) is 0.860. The molecule has 4 heteroatoms. The number of amides is 1. The third kappa shape index (κ3) is 2.47. The van der Waals surface area contributed by atoms with E-state index >= 15 is 0 Å². The molecule has 98 valence electrons. The topological polar surface area (TPSA) is 68.0 Å². The van der Waals surface area contributed by atoms with Gasteiger partial charge in [-0.2, -0.15) is 0 Å². The summed E-state index contributed by atoms with van der Waals surface area (Å²) in [5, 5.41) is 3.07. The summed E-state index contributed by atoms with van der Waals surface area (Å²) in [7, 11) is 0. The Balaban J connectivity index is 2.03. The van der Waals surface area contributed by atoms with E-state index in [1.807, 2.05) is 0 Å². The largest absolute Gasteiger partial charge is 0.397 e. The van der Waals surface area contributed by atoms with E-state index in [9.17, 15) is 4.79 Å². The van der Waals surface area contributed by atoms with Crippen molar-refractivity contribution in [1.29, 1.82) is 0 Å². The van der Waals surface area contributed by atoms with Crippen LogP contribution in [0.1, 0.15) is 43.6 Å². The lowest BCUT2D eigenvalue weighted by molar-refractivity contribution is 0.0922. The van der Waals surface area contributed by atoms with Gasteiger partial charge in [-0.1, -0.05) is 20.3 Å². The Kier molecular flexibility index (Phi) is 3.84. The van der Waals surface area contributed by atoms with Crippen LogP contribution in [0.3, 0.4) is 0 Å². The molecule has 1 aliphatic carbocycles. The van der Waals surface area contributed by atoms with Gasteiger partial charge in [-0.15, -0.1) is 0 Å². The molecular weight excluding hydrogens is 226 g/mol. The van der Waals surface area contributed by atoms with Gasteiger partial charge >= 0.3 is 0 Å². The minimum atomic E-state index is -0.151. The smallest absolute Gasteiger partial charge is 0.272 e. The molecule has 0 spiro atoms. The van der Waals surface area contributed by atoms with Gasteiger partial charge in [-0.05, 0) is 36.8 Å². The van der Waals surface area contributed by atoms with Crippen molar-refractivity contribution >= 4 is 11.6 Å². The number of aromatic nitrogens is 1. The average molecular weight is 247 g/mol. The molecule has 1 aromatic heterocycles. The van der Waals surface area contributed by atoms with Crippen molar-refractivity contribution < 1.29 is 4.79 Å². The number of nitrogens with two attached hydrogens (primary N) is 1. The fourth-order valence-corrected chi connectivity index (χ4v) is 2.87. The molecule has 3 N–H and O–H groups in total. The molecular formula is C14H21N3O. The zero-order valence-corrected chi connectivity index (χ0v) is 11.0. The number of rotatable bonds is 3. The summed E-state index contributed by atoms with van der Waals surface area (Å²) in [4.78, 5) is 16.2. The van der Waals surface area contributed by atoms with Crippen molar-refractivity contribution in [2.45, 2.75) is 39.2 Å². The number of pyridine rings is 1. The van der Waals surface area contributed by atoms with Gasteiger partial charge in [-0.3, -0.25) is 4.79 Å². The first-order valence-corrected chi connectivity index (χ1v) is 6.64. The lowest BCUT2D eigenvalue weighted by Crippen LogP contribution is -2.38. The number of anilines is 1. The molecule has 0 bridgehead atoms. The number of carbonyl (C=O) groups excluding carboxylic acids is 1. The summed E-state index contributed by atoms with van der Waals surface area (Å²) in [6.07, 6.45) is 5.02. The molecule has 1 aromatic rings. The number of carbonyl (C=O) groups is 1. The lowest BCUT2D eigenvalue weighted by atomic mass is 9.93. The molecule has 0 aliphatic heterocycles. The molecule has 1 heterocycles. The highest BCUT2D eigenvalue weighted by molar-refractivity contribution is 5.97. The molecule has 0 aromatic carbocycles. The maximum atomic E-state index is 12.1. The van der Waals surface area contributed by atoms with E-state index in [-0.39, 0.29) is 11.9 Å². The fraction of sp³-hybridized carbons (Fsp3) is 0.571. The zero-order valence-electron chi connectivity index (χ0n) is 11.0. The van der Waals surface area contributed by atoms with Crippen molar-refractivity contribution in [3.63, 3.8) is 0 Å². The van der Waals surface area contributed by atoms with Crippen molar-refractivity contribution in [3.8, 4) is 0 Å². The first-order valence-electron chi connectivity index (χ1n) is 6.64. The third-order valence-corrected chi connectivity index (χ3v) is 4.12. The van der Waals surface area contributed by atoms with Gasteiger partial charge in [-0.25, -0.2) is 4.98 Å². The fourth-order valence-electron chi connectivity index (χ4n) is 2.87. The van der Waals surface area contributed by atoms with E-state index in [1.165, 1.54) is 12.8 Å². The van der Waals surface area contributed by atoms with Crippen LogP contribution >= 0.6 is 0 Å². The maximum Gasteiger partial charge on any atom is 0.272 e. The van der Waals surface area contributed by atoms with Crippen molar-refractivity contribution in [2.75, 3.05) is 5.73 Å². The number of nitrogen functional groups attached to an aromatic ring is 1. The van der Waals surface area contributed by atoms with Gasteiger partial charge in [0.25, 0.3) is 5.91 Å². The summed E-state index contributed by atoms with van der Waals surface area (Å²) in [6.45, 7) is 4.43.